The molecule has 2 aromatic rings. The third-order valence-electron chi connectivity index (χ3n) is 2.79. The van der Waals surface area contributed by atoms with Crippen LogP contribution < -0.4 is 5.32 Å². The zero-order valence-electron chi connectivity index (χ0n) is 11.8. The first-order valence-corrected chi connectivity index (χ1v) is 6.46. The van der Waals surface area contributed by atoms with E-state index in [9.17, 15) is 0 Å². The van der Waals surface area contributed by atoms with Crippen LogP contribution in [0.3, 0.4) is 0 Å². The van der Waals surface area contributed by atoms with Crippen molar-refractivity contribution >= 4 is 0 Å². The molecule has 7 nitrogen and oxygen atoms in total. The molecule has 2 rings (SSSR count). The fourth-order valence-electron chi connectivity index (χ4n) is 1.84. The SMILES string of the molecule is COCCNCc1nccn1Cc1cc(COC)on1. The molecular weight excluding hydrogens is 260 g/mol. The van der Waals surface area contributed by atoms with E-state index in [0.717, 1.165) is 23.8 Å². The van der Waals surface area contributed by atoms with E-state index in [1.807, 2.05) is 16.8 Å². The fraction of sp³-hybridized carbons (Fsp3) is 0.538. The van der Waals surface area contributed by atoms with Gasteiger partial charge in [0, 0.05) is 39.2 Å². The van der Waals surface area contributed by atoms with E-state index in [-0.39, 0.29) is 0 Å². The first kappa shape index (κ1) is 14.7. The minimum Gasteiger partial charge on any atom is -0.383 e. The molecule has 0 amide bonds. The second kappa shape index (κ2) is 7.78. The van der Waals surface area contributed by atoms with Crippen LogP contribution in [0.5, 0.6) is 0 Å². The molecule has 0 saturated heterocycles. The highest BCUT2D eigenvalue weighted by molar-refractivity contribution is 5.07. The first-order valence-electron chi connectivity index (χ1n) is 6.46. The largest absolute Gasteiger partial charge is 0.383 e. The lowest BCUT2D eigenvalue weighted by Crippen LogP contribution is -2.21. The lowest BCUT2D eigenvalue weighted by atomic mass is 10.3. The number of nitrogens with zero attached hydrogens (tertiary/aromatic N) is 3. The summed E-state index contributed by atoms with van der Waals surface area (Å²) in [6, 6.07) is 1.89. The number of hydrogen-bond acceptors (Lipinski definition) is 6. The molecule has 2 heterocycles. The van der Waals surface area contributed by atoms with Gasteiger partial charge in [0.15, 0.2) is 5.76 Å². The Labute approximate surface area is 117 Å². The maximum absolute atomic E-state index is 5.17. The third-order valence-corrected chi connectivity index (χ3v) is 2.79. The number of rotatable bonds is 9. The van der Waals surface area contributed by atoms with Crippen molar-refractivity contribution in [1.29, 1.82) is 0 Å². The van der Waals surface area contributed by atoms with Crippen molar-refractivity contribution < 1.29 is 14.0 Å². The van der Waals surface area contributed by atoms with E-state index in [1.165, 1.54) is 0 Å². The summed E-state index contributed by atoms with van der Waals surface area (Å²) in [5.41, 5.74) is 0.855. The minimum absolute atomic E-state index is 0.433. The number of methoxy groups -OCH3 is 2. The second-order valence-corrected chi connectivity index (χ2v) is 4.36. The molecule has 20 heavy (non-hydrogen) atoms. The van der Waals surface area contributed by atoms with Crippen molar-refractivity contribution in [3.8, 4) is 0 Å². The van der Waals surface area contributed by atoms with Gasteiger partial charge < -0.3 is 23.9 Å². The summed E-state index contributed by atoms with van der Waals surface area (Å²) >= 11 is 0. The van der Waals surface area contributed by atoms with Crippen LogP contribution in [0.1, 0.15) is 17.3 Å². The smallest absolute Gasteiger partial charge is 0.162 e. The minimum atomic E-state index is 0.433. The zero-order valence-corrected chi connectivity index (χ0v) is 11.8. The second-order valence-electron chi connectivity index (χ2n) is 4.36. The monoisotopic (exact) mass is 280 g/mol. The normalized spacial score (nSPS) is 11.1. The Hall–Kier alpha value is -1.70. The van der Waals surface area contributed by atoms with Crippen molar-refractivity contribution in [1.82, 2.24) is 20.0 Å². The van der Waals surface area contributed by atoms with E-state index >= 15 is 0 Å². The Morgan fingerprint density at radius 1 is 1.35 bits per heavy atom. The molecule has 1 N–H and O–H groups in total. The third kappa shape index (κ3) is 4.16. The van der Waals surface area contributed by atoms with Gasteiger partial charge in [0.2, 0.25) is 0 Å². The lowest BCUT2D eigenvalue weighted by Gasteiger charge is -2.06. The highest BCUT2D eigenvalue weighted by Crippen LogP contribution is 2.08. The Balaban J connectivity index is 1.90. The molecule has 0 bridgehead atoms. The van der Waals surface area contributed by atoms with Gasteiger partial charge in [-0.05, 0) is 0 Å². The van der Waals surface area contributed by atoms with Gasteiger partial charge in [-0.2, -0.15) is 0 Å². The van der Waals surface area contributed by atoms with Crippen LogP contribution in [-0.2, 0) is 29.2 Å². The summed E-state index contributed by atoms with van der Waals surface area (Å²) in [7, 11) is 3.31. The lowest BCUT2D eigenvalue weighted by molar-refractivity contribution is 0.155. The molecule has 0 fully saturated rings. The molecule has 0 aliphatic rings. The maximum atomic E-state index is 5.17. The molecule has 2 aromatic heterocycles. The van der Waals surface area contributed by atoms with Crippen molar-refractivity contribution in [2.45, 2.75) is 19.7 Å². The van der Waals surface area contributed by atoms with E-state index in [0.29, 0.717) is 26.3 Å². The molecule has 0 spiro atoms. The van der Waals surface area contributed by atoms with Crippen molar-refractivity contribution in [2.24, 2.45) is 0 Å². The van der Waals surface area contributed by atoms with E-state index < -0.39 is 0 Å². The van der Waals surface area contributed by atoms with Crippen LogP contribution in [0.15, 0.2) is 23.0 Å². The summed E-state index contributed by atoms with van der Waals surface area (Å²) in [4.78, 5) is 4.33. The molecule has 110 valence electrons. The Bertz CT molecular complexity index is 509. The highest BCUT2D eigenvalue weighted by atomic mass is 16.5. The first-order chi connectivity index (χ1) is 9.83. The molecule has 0 aromatic carbocycles. The maximum Gasteiger partial charge on any atom is 0.162 e. The summed E-state index contributed by atoms with van der Waals surface area (Å²) in [5.74, 6) is 1.68. The van der Waals surface area contributed by atoms with Crippen LogP contribution in [0.2, 0.25) is 0 Å². The van der Waals surface area contributed by atoms with Crippen LogP contribution in [0.4, 0.5) is 0 Å². The van der Waals surface area contributed by atoms with Gasteiger partial charge in [-0.3, -0.25) is 0 Å². The predicted octanol–water partition coefficient (Wildman–Crippen LogP) is 0.802. The van der Waals surface area contributed by atoms with Crippen LogP contribution >= 0.6 is 0 Å². The summed E-state index contributed by atoms with van der Waals surface area (Å²) in [5, 5.41) is 7.28. The highest BCUT2D eigenvalue weighted by Gasteiger charge is 2.07. The Morgan fingerprint density at radius 3 is 3.05 bits per heavy atom. The van der Waals surface area contributed by atoms with Crippen molar-refractivity contribution in [3.63, 3.8) is 0 Å². The van der Waals surface area contributed by atoms with E-state index in [4.69, 9.17) is 14.0 Å². The summed E-state index contributed by atoms with van der Waals surface area (Å²) in [6.07, 6.45) is 3.71. The number of aromatic nitrogens is 3. The topological polar surface area (TPSA) is 74.3 Å². The molecule has 0 radical (unpaired) electrons. The molecular formula is C13H20N4O3. The molecule has 7 heteroatoms. The quantitative estimate of drug-likeness (QED) is 0.685. The van der Waals surface area contributed by atoms with E-state index in [2.05, 4.69) is 15.5 Å². The average molecular weight is 280 g/mol. The van der Waals surface area contributed by atoms with Gasteiger partial charge in [0.1, 0.15) is 18.1 Å². The van der Waals surface area contributed by atoms with Crippen molar-refractivity contribution in [2.75, 3.05) is 27.4 Å². The standard InChI is InChI=1S/C13H20N4O3/c1-18-6-4-14-8-13-15-3-5-17(13)9-11-7-12(10-19-2)20-16-11/h3,5,7,14H,4,6,8-10H2,1-2H3. The fourth-order valence-corrected chi connectivity index (χ4v) is 1.84. The van der Waals surface area contributed by atoms with Crippen LogP contribution in [0, 0.1) is 0 Å². The number of hydrogen-bond donors (Lipinski definition) is 1. The van der Waals surface area contributed by atoms with Gasteiger partial charge >= 0.3 is 0 Å². The summed E-state index contributed by atoms with van der Waals surface area (Å²) < 4.78 is 17.2. The predicted molar refractivity (Wildman–Crippen MR) is 72.1 cm³/mol. The van der Waals surface area contributed by atoms with E-state index in [1.54, 1.807) is 20.4 Å². The molecule has 0 aliphatic carbocycles. The zero-order chi connectivity index (χ0) is 14.2. The number of ether oxygens (including phenoxy) is 2. The average Bonchev–Trinajstić information content (AvgIpc) is 3.06. The van der Waals surface area contributed by atoms with Crippen LogP contribution in [-0.4, -0.2) is 42.1 Å². The number of imidazole rings is 1. The van der Waals surface area contributed by atoms with Crippen molar-refractivity contribution in [3.05, 3.63) is 35.7 Å². The van der Waals surface area contributed by atoms with Gasteiger partial charge in [-0.25, -0.2) is 4.98 Å². The number of nitrogens with one attached hydrogen (secondary N) is 1. The molecule has 0 saturated carbocycles. The van der Waals surface area contributed by atoms with Gasteiger partial charge in [0.25, 0.3) is 0 Å². The molecule has 0 unspecified atom stereocenters. The van der Waals surface area contributed by atoms with Gasteiger partial charge in [0.05, 0.1) is 19.7 Å². The Morgan fingerprint density at radius 2 is 2.25 bits per heavy atom. The van der Waals surface area contributed by atoms with Gasteiger partial charge in [-0.15, -0.1) is 0 Å². The van der Waals surface area contributed by atoms with Gasteiger partial charge in [-0.1, -0.05) is 5.16 Å². The van der Waals surface area contributed by atoms with Crippen LogP contribution in [0.25, 0.3) is 0 Å². The molecule has 0 aliphatic heterocycles. The summed E-state index contributed by atoms with van der Waals surface area (Å²) in [6.45, 7) is 3.24. The molecule has 0 atom stereocenters. The Kier molecular flexibility index (Phi) is 5.72.